The van der Waals surface area contributed by atoms with E-state index in [1.807, 2.05) is 0 Å². The zero-order valence-corrected chi connectivity index (χ0v) is 28.7. The molecule has 3 aromatic heterocycles. The molecule has 1 atom stereocenters. The molecule has 1 spiro atoms. The van der Waals surface area contributed by atoms with Crippen LogP contribution in [0.4, 0.5) is 0 Å². The number of nitrogens with zero attached hydrogens (tertiary/aromatic N) is 5. The Morgan fingerprint density at radius 2 is 1.48 bits per heavy atom. The summed E-state index contributed by atoms with van der Waals surface area (Å²) in [4.78, 5) is 2.22. The highest BCUT2D eigenvalue weighted by molar-refractivity contribution is 6.11. The molecule has 8 aromatic rings. The summed E-state index contributed by atoms with van der Waals surface area (Å²) in [6.45, 7) is 11.3. The molecule has 0 N–H and O–H groups in total. The molecule has 50 heavy (non-hydrogen) atoms. The van der Waals surface area contributed by atoms with Crippen molar-refractivity contribution in [3.05, 3.63) is 149 Å². The standard InChI is InChI=1S/C44H35N5O/c1-26-22-29(28-12-7-6-8-13-28)23-27(2)39(26)33-25-47-35-16-11-17-36-40(35)44(49(47)45-33)41-37(50-36)19-18-32-31-14-9-10-15-34(31)48(42(32)41)38-24-30(43(3,4)5)20-21-46(38)44/h6-25H,1-5H3/q+2. The number of hydrogen-bond acceptors (Lipinski definition) is 2. The lowest BCUT2D eigenvalue weighted by Crippen LogP contribution is -2.77. The minimum absolute atomic E-state index is 0.0361. The lowest BCUT2D eigenvalue weighted by atomic mass is 9.83. The van der Waals surface area contributed by atoms with Crippen LogP contribution < -0.4 is 14.1 Å². The third-order valence-corrected chi connectivity index (χ3v) is 11.2. The van der Waals surface area contributed by atoms with E-state index in [0.29, 0.717) is 0 Å². The summed E-state index contributed by atoms with van der Waals surface area (Å²) < 4.78 is 14.0. The average molecular weight is 650 g/mol. The van der Waals surface area contributed by atoms with Gasteiger partial charge in [0.2, 0.25) is 0 Å². The van der Waals surface area contributed by atoms with Crippen LogP contribution in [0.25, 0.3) is 55.7 Å². The maximum Gasteiger partial charge on any atom is 0.423 e. The minimum Gasteiger partial charge on any atom is -0.456 e. The zero-order chi connectivity index (χ0) is 33.7. The van der Waals surface area contributed by atoms with Crippen LogP contribution in [0, 0.1) is 13.8 Å². The summed E-state index contributed by atoms with van der Waals surface area (Å²) in [6, 6.07) is 39.4. The van der Waals surface area contributed by atoms with Crippen LogP contribution in [-0.4, -0.2) is 14.3 Å². The van der Waals surface area contributed by atoms with Gasteiger partial charge in [-0.3, -0.25) is 0 Å². The van der Waals surface area contributed by atoms with Crippen LogP contribution in [0.3, 0.4) is 0 Å². The van der Waals surface area contributed by atoms with Gasteiger partial charge in [-0.15, -0.1) is 0 Å². The van der Waals surface area contributed by atoms with Gasteiger partial charge in [-0.05, 0) is 89.5 Å². The molecule has 240 valence electrons. The van der Waals surface area contributed by atoms with Gasteiger partial charge in [0.25, 0.3) is 5.82 Å². The van der Waals surface area contributed by atoms with Gasteiger partial charge in [-0.25, -0.2) is 0 Å². The summed E-state index contributed by atoms with van der Waals surface area (Å²) in [7, 11) is 0. The van der Waals surface area contributed by atoms with Crippen LogP contribution in [0.5, 0.6) is 11.5 Å². The van der Waals surface area contributed by atoms with Gasteiger partial charge < -0.3 is 4.74 Å². The number of hydrogen-bond donors (Lipinski definition) is 0. The van der Waals surface area contributed by atoms with Crippen molar-refractivity contribution < 1.29 is 14.1 Å². The molecule has 0 bridgehead atoms. The van der Waals surface area contributed by atoms with Crippen molar-refractivity contribution >= 4 is 21.8 Å². The van der Waals surface area contributed by atoms with E-state index < -0.39 is 5.66 Å². The Labute approximate surface area is 290 Å². The monoisotopic (exact) mass is 649 g/mol. The topological polar surface area (TPSA) is 39.7 Å². The molecule has 6 heterocycles. The number of rotatable bonds is 2. The molecular weight excluding hydrogens is 615 g/mol. The van der Waals surface area contributed by atoms with Gasteiger partial charge in [-0.1, -0.05) is 86.1 Å². The predicted octanol–water partition coefficient (Wildman–Crippen LogP) is 8.82. The maximum atomic E-state index is 6.85. The van der Waals surface area contributed by atoms with Crippen LogP contribution in [-0.2, 0) is 11.1 Å². The van der Waals surface area contributed by atoms with Crippen molar-refractivity contribution in [3.8, 4) is 45.4 Å². The molecule has 0 fully saturated rings. The van der Waals surface area contributed by atoms with Crippen molar-refractivity contribution in [2.75, 3.05) is 0 Å². The highest BCUT2D eigenvalue weighted by Crippen LogP contribution is 2.55. The van der Waals surface area contributed by atoms with Crippen molar-refractivity contribution in [1.82, 2.24) is 14.3 Å². The third-order valence-electron chi connectivity index (χ3n) is 11.2. The first kappa shape index (κ1) is 27.9. The zero-order valence-electron chi connectivity index (χ0n) is 28.7. The highest BCUT2D eigenvalue weighted by atomic mass is 16.5. The van der Waals surface area contributed by atoms with E-state index in [1.54, 1.807) is 0 Å². The highest BCUT2D eigenvalue weighted by Gasteiger charge is 2.70. The number of pyridine rings is 1. The van der Waals surface area contributed by atoms with Crippen LogP contribution in [0.2, 0.25) is 0 Å². The van der Waals surface area contributed by atoms with E-state index in [-0.39, 0.29) is 5.41 Å². The van der Waals surface area contributed by atoms with E-state index in [9.17, 15) is 0 Å². The van der Waals surface area contributed by atoms with Crippen molar-refractivity contribution in [1.29, 1.82) is 0 Å². The van der Waals surface area contributed by atoms with Crippen molar-refractivity contribution in [2.24, 2.45) is 0 Å². The first-order chi connectivity index (χ1) is 24.2. The summed E-state index contributed by atoms with van der Waals surface area (Å²) in [5.74, 6) is 2.83. The molecule has 11 rings (SSSR count). The molecule has 0 radical (unpaired) electrons. The number of ether oxygens (including phenoxy) is 1. The Kier molecular flexibility index (Phi) is 5.11. The molecule has 3 aliphatic heterocycles. The summed E-state index contributed by atoms with van der Waals surface area (Å²) in [6.07, 6.45) is 4.50. The van der Waals surface area contributed by atoms with Crippen LogP contribution in [0.15, 0.2) is 122 Å². The van der Waals surface area contributed by atoms with Gasteiger partial charge in [0.15, 0.2) is 22.3 Å². The number of para-hydroxylation sites is 1. The molecule has 0 amide bonds. The molecule has 1 unspecified atom stereocenters. The number of fused-ring (bicyclic) bond motifs is 7. The largest absolute Gasteiger partial charge is 0.456 e. The Hall–Kier alpha value is -6.01. The second-order valence-corrected chi connectivity index (χ2v) is 15.1. The first-order valence-corrected chi connectivity index (χ1v) is 17.4. The number of aromatic nitrogens is 5. The summed E-state index contributed by atoms with van der Waals surface area (Å²) >= 11 is 0. The third kappa shape index (κ3) is 3.27. The molecule has 5 aromatic carbocycles. The molecule has 0 saturated carbocycles. The Balaban J connectivity index is 1.27. The lowest BCUT2D eigenvalue weighted by Gasteiger charge is -2.32. The quantitative estimate of drug-likeness (QED) is 0.176. The predicted molar refractivity (Wildman–Crippen MR) is 195 cm³/mol. The minimum atomic E-state index is -0.820. The summed E-state index contributed by atoms with van der Waals surface area (Å²) in [5.41, 5.74) is 13.0. The maximum absolute atomic E-state index is 6.85. The van der Waals surface area contributed by atoms with E-state index in [1.165, 1.54) is 49.6 Å². The molecule has 3 aliphatic rings. The first-order valence-electron chi connectivity index (χ1n) is 17.4. The van der Waals surface area contributed by atoms with E-state index in [0.717, 1.165) is 45.4 Å². The molecule has 6 nitrogen and oxygen atoms in total. The SMILES string of the molecule is Cc1cc(-c2ccccc2)cc(C)c1-c1cn2[n+](n1)C13c4c(cccc4-2)Oc2ccc4c5ccccc5n(c4c21)-c1cc(C(C)(C)C)cc[n+]13. The van der Waals surface area contributed by atoms with Crippen molar-refractivity contribution in [2.45, 2.75) is 45.7 Å². The Bertz CT molecular complexity index is 2780. The molecule has 0 saturated heterocycles. The van der Waals surface area contributed by atoms with E-state index in [2.05, 4.69) is 175 Å². The second-order valence-electron chi connectivity index (χ2n) is 15.1. The van der Waals surface area contributed by atoms with Crippen LogP contribution >= 0.6 is 0 Å². The van der Waals surface area contributed by atoms with Crippen LogP contribution in [0.1, 0.15) is 48.6 Å². The number of benzene rings is 5. The smallest absolute Gasteiger partial charge is 0.423 e. The van der Waals surface area contributed by atoms with Gasteiger partial charge in [0, 0.05) is 27.5 Å². The lowest BCUT2D eigenvalue weighted by molar-refractivity contribution is -1.02. The number of aryl methyl sites for hydroxylation is 2. The molecule has 0 aliphatic carbocycles. The van der Waals surface area contributed by atoms with Gasteiger partial charge in [-0.2, -0.15) is 9.13 Å². The van der Waals surface area contributed by atoms with Gasteiger partial charge in [0.05, 0.1) is 11.0 Å². The fraction of sp³-hybridized carbons (Fsp3) is 0.159. The average Bonchev–Trinajstić information content (AvgIpc) is 3.77. The van der Waals surface area contributed by atoms with E-state index in [4.69, 9.17) is 9.84 Å². The molecular formula is C44H35N5O+2. The second kappa shape index (κ2) is 9.16. The van der Waals surface area contributed by atoms with Gasteiger partial charge in [0.1, 0.15) is 28.9 Å². The Morgan fingerprint density at radius 1 is 0.720 bits per heavy atom. The van der Waals surface area contributed by atoms with Gasteiger partial charge >= 0.3 is 5.66 Å². The fourth-order valence-electron chi connectivity index (χ4n) is 9.05. The Morgan fingerprint density at radius 3 is 2.28 bits per heavy atom. The summed E-state index contributed by atoms with van der Waals surface area (Å²) in [5, 5.41) is 8.06. The van der Waals surface area contributed by atoms with E-state index >= 15 is 0 Å². The normalized spacial score (nSPS) is 16.3. The molecule has 6 heteroatoms. The van der Waals surface area contributed by atoms with Crippen molar-refractivity contribution in [3.63, 3.8) is 0 Å². The fourth-order valence-corrected chi connectivity index (χ4v) is 9.05.